The van der Waals surface area contributed by atoms with Gasteiger partial charge in [-0.05, 0) is 20.3 Å². The van der Waals surface area contributed by atoms with Gasteiger partial charge in [-0.2, -0.15) is 0 Å². The molecule has 0 bridgehead atoms. The number of hydrogen-bond donors (Lipinski definition) is 2. The maximum Gasteiger partial charge on any atom is 0.227 e. The second kappa shape index (κ2) is 5.41. The molecule has 0 saturated carbocycles. The molecule has 1 aromatic heterocycles. The molecule has 3 N–H and O–H groups in total. The molecule has 0 spiro atoms. The second-order valence-corrected chi connectivity index (χ2v) is 5.22. The lowest BCUT2D eigenvalue weighted by Crippen LogP contribution is -2.43. The monoisotopic (exact) mass is 241 g/mol. The van der Waals surface area contributed by atoms with Crippen molar-refractivity contribution in [2.75, 3.05) is 6.54 Å². The smallest absolute Gasteiger partial charge is 0.227 e. The van der Waals surface area contributed by atoms with Crippen molar-refractivity contribution in [1.29, 1.82) is 0 Å². The molecule has 90 valence electrons. The molecule has 0 aliphatic carbocycles. The Bertz CT molecular complexity index is 358. The molecule has 0 fully saturated rings. The molecule has 0 saturated heterocycles. The SMILES string of the molecule is CCC(C)(CN)C(=O)NCc1csc(C)n1. The molecule has 4 nitrogen and oxygen atoms in total. The highest BCUT2D eigenvalue weighted by molar-refractivity contribution is 7.09. The summed E-state index contributed by atoms with van der Waals surface area (Å²) in [6.07, 6.45) is 0.741. The molecule has 1 unspecified atom stereocenters. The number of nitrogens with one attached hydrogen (secondary N) is 1. The zero-order valence-corrected chi connectivity index (χ0v) is 10.9. The molecule has 1 amide bonds. The number of nitrogens with two attached hydrogens (primary N) is 1. The molecular formula is C11H19N3OS. The largest absolute Gasteiger partial charge is 0.350 e. The summed E-state index contributed by atoms with van der Waals surface area (Å²) in [5.74, 6) is 0.00292. The highest BCUT2D eigenvalue weighted by Gasteiger charge is 2.29. The Morgan fingerprint density at radius 3 is 2.81 bits per heavy atom. The van der Waals surface area contributed by atoms with Gasteiger partial charge < -0.3 is 11.1 Å². The van der Waals surface area contributed by atoms with Crippen LogP contribution in [0.3, 0.4) is 0 Å². The van der Waals surface area contributed by atoms with E-state index in [-0.39, 0.29) is 5.91 Å². The molecule has 1 rings (SSSR count). The lowest BCUT2D eigenvalue weighted by Gasteiger charge is -2.24. The third-order valence-electron chi connectivity index (χ3n) is 2.88. The predicted octanol–water partition coefficient (Wildman–Crippen LogP) is 1.44. The minimum Gasteiger partial charge on any atom is -0.350 e. The number of nitrogens with zero attached hydrogens (tertiary/aromatic N) is 1. The van der Waals surface area contributed by atoms with Gasteiger partial charge in [0.15, 0.2) is 0 Å². The van der Waals surface area contributed by atoms with Crippen molar-refractivity contribution < 1.29 is 4.79 Å². The fourth-order valence-corrected chi connectivity index (χ4v) is 1.88. The number of hydrogen-bond acceptors (Lipinski definition) is 4. The molecule has 0 aliphatic heterocycles. The Morgan fingerprint density at radius 1 is 1.69 bits per heavy atom. The lowest BCUT2D eigenvalue weighted by molar-refractivity contribution is -0.130. The molecule has 0 aliphatic rings. The van der Waals surface area contributed by atoms with Crippen LogP contribution in [0.1, 0.15) is 31.0 Å². The standard InChI is InChI=1S/C11H19N3OS/c1-4-11(3,7-12)10(15)13-5-9-6-16-8(2)14-9/h6H,4-5,7,12H2,1-3H3,(H,13,15). The summed E-state index contributed by atoms with van der Waals surface area (Å²) in [6, 6.07) is 0. The van der Waals surface area contributed by atoms with Gasteiger partial charge in [-0.15, -0.1) is 11.3 Å². The van der Waals surface area contributed by atoms with Crippen LogP contribution < -0.4 is 11.1 Å². The Kier molecular flexibility index (Phi) is 4.44. The van der Waals surface area contributed by atoms with Crippen molar-refractivity contribution in [3.05, 3.63) is 16.1 Å². The second-order valence-electron chi connectivity index (χ2n) is 4.16. The highest BCUT2D eigenvalue weighted by atomic mass is 32.1. The summed E-state index contributed by atoms with van der Waals surface area (Å²) in [7, 11) is 0. The van der Waals surface area contributed by atoms with Gasteiger partial charge in [0.1, 0.15) is 0 Å². The van der Waals surface area contributed by atoms with Crippen molar-refractivity contribution in [1.82, 2.24) is 10.3 Å². The summed E-state index contributed by atoms with van der Waals surface area (Å²) in [4.78, 5) is 16.2. The third-order valence-corrected chi connectivity index (χ3v) is 3.70. The molecule has 1 atom stereocenters. The summed E-state index contributed by atoms with van der Waals surface area (Å²) in [5, 5.41) is 5.85. The van der Waals surface area contributed by atoms with E-state index >= 15 is 0 Å². The highest BCUT2D eigenvalue weighted by Crippen LogP contribution is 2.19. The first-order valence-electron chi connectivity index (χ1n) is 5.41. The van der Waals surface area contributed by atoms with Crippen LogP contribution in [0.2, 0.25) is 0 Å². The summed E-state index contributed by atoms with van der Waals surface area (Å²) in [6.45, 7) is 6.66. The summed E-state index contributed by atoms with van der Waals surface area (Å²) in [5.41, 5.74) is 6.06. The van der Waals surface area contributed by atoms with Crippen molar-refractivity contribution in [2.45, 2.75) is 33.7 Å². The number of thiazole rings is 1. The van der Waals surface area contributed by atoms with E-state index in [2.05, 4.69) is 10.3 Å². The van der Waals surface area contributed by atoms with Crippen molar-refractivity contribution in [3.63, 3.8) is 0 Å². The van der Waals surface area contributed by atoms with Crippen LogP contribution in [0.15, 0.2) is 5.38 Å². The van der Waals surface area contributed by atoms with Crippen LogP contribution in [0, 0.1) is 12.3 Å². The van der Waals surface area contributed by atoms with Crippen LogP contribution in [-0.2, 0) is 11.3 Å². The third kappa shape index (κ3) is 3.02. The van der Waals surface area contributed by atoms with Gasteiger partial charge in [0, 0.05) is 11.9 Å². The minimum absolute atomic E-state index is 0.00292. The van der Waals surface area contributed by atoms with Gasteiger partial charge in [0.05, 0.1) is 22.7 Å². The Labute approximate surface area is 100 Å². The zero-order valence-electron chi connectivity index (χ0n) is 10.0. The topological polar surface area (TPSA) is 68.0 Å². The molecule has 0 radical (unpaired) electrons. The van der Waals surface area contributed by atoms with Crippen molar-refractivity contribution in [2.24, 2.45) is 11.1 Å². The quantitative estimate of drug-likeness (QED) is 0.819. The van der Waals surface area contributed by atoms with E-state index in [1.807, 2.05) is 26.2 Å². The van der Waals surface area contributed by atoms with E-state index in [9.17, 15) is 4.79 Å². The number of aromatic nitrogens is 1. The van der Waals surface area contributed by atoms with Gasteiger partial charge in [0.25, 0.3) is 0 Å². The average molecular weight is 241 g/mol. The van der Waals surface area contributed by atoms with Crippen LogP contribution in [0.5, 0.6) is 0 Å². The zero-order chi connectivity index (χ0) is 12.2. The van der Waals surface area contributed by atoms with E-state index in [0.717, 1.165) is 17.1 Å². The molecule has 1 heterocycles. The first-order chi connectivity index (χ1) is 7.51. The number of carbonyl (C=O) groups excluding carboxylic acids is 1. The van der Waals surface area contributed by atoms with Crippen LogP contribution in [0.4, 0.5) is 0 Å². The van der Waals surface area contributed by atoms with E-state index in [4.69, 9.17) is 5.73 Å². The van der Waals surface area contributed by atoms with Crippen molar-refractivity contribution >= 4 is 17.2 Å². The number of amides is 1. The van der Waals surface area contributed by atoms with Gasteiger partial charge in [-0.1, -0.05) is 6.92 Å². The maximum atomic E-state index is 11.9. The lowest BCUT2D eigenvalue weighted by atomic mass is 9.87. The van der Waals surface area contributed by atoms with Gasteiger partial charge in [-0.25, -0.2) is 4.98 Å². The van der Waals surface area contributed by atoms with Gasteiger partial charge in [-0.3, -0.25) is 4.79 Å². The Balaban J connectivity index is 2.52. The number of aryl methyl sites for hydroxylation is 1. The molecule has 0 aromatic carbocycles. The van der Waals surface area contributed by atoms with E-state index in [0.29, 0.717) is 13.1 Å². The Hall–Kier alpha value is -0.940. The number of rotatable bonds is 5. The van der Waals surface area contributed by atoms with E-state index < -0.39 is 5.41 Å². The average Bonchev–Trinajstić information content (AvgIpc) is 2.70. The van der Waals surface area contributed by atoms with Gasteiger partial charge in [0.2, 0.25) is 5.91 Å². The van der Waals surface area contributed by atoms with E-state index in [1.165, 1.54) is 0 Å². The first-order valence-corrected chi connectivity index (χ1v) is 6.29. The molecule has 1 aromatic rings. The molecule has 5 heteroatoms. The number of carbonyl (C=O) groups is 1. The van der Waals surface area contributed by atoms with E-state index in [1.54, 1.807) is 11.3 Å². The first kappa shape index (κ1) is 13.1. The maximum absolute atomic E-state index is 11.9. The predicted molar refractivity (Wildman–Crippen MR) is 66.2 cm³/mol. The minimum atomic E-state index is -0.467. The fourth-order valence-electron chi connectivity index (χ4n) is 1.27. The van der Waals surface area contributed by atoms with Crippen molar-refractivity contribution in [3.8, 4) is 0 Å². The molecule has 16 heavy (non-hydrogen) atoms. The van der Waals surface area contributed by atoms with Crippen LogP contribution in [-0.4, -0.2) is 17.4 Å². The summed E-state index contributed by atoms with van der Waals surface area (Å²) < 4.78 is 0. The van der Waals surface area contributed by atoms with Crippen LogP contribution >= 0.6 is 11.3 Å². The normalized spacial score (nSPS) is 14.5. The van der Waals surface area contributed by atoms with Gasteiger partial charge >= 0.3 is 0 Å². The Morgan fingerprint density at radius 2 is 2.38 bits per heavy atom. The molecular weight excluding hydrogens is 222 g/mol. The summed E-state index contributed by atoms with van der Waals surface area (Å²) >= 11 is 1.59. The van der Waals surface area contributed by atoms with Crippen LogP contribution in [0.25, 0.3) is 0 Å². The fraction of sp³-hybridized carbons (Fsp3) is 0.636.